The molecule has 0 bridgehead atoms. The molecule has 18 heavy (non-hydrogen) atoms. The molecular weight excluding hydrogens is 231 g/mol. The highest BCUT2D eigenvalue weighted by Gasteiger charge is 2.22. The fourth-order valence-electron chi connectivity index (χ4n) is 2.61. The summed E-state index contributed by atoms with van der Waals surface area (Å²) < 4.78 is 13.6. The highest BCUT2D eigenvalue weighted by molar-refractivity contribution is 5.50. The molecule has 0 saturated carbocycles. The Morgan fingerprint density at radius 3 is 3.00 bits per heavy atom. The van der Waals surface area contributed by atoms with Gasteiger partial charge in [0.05, 0.1) is 0 Å². The summed E-state index contributed by atoms with van der Waals surface area (Å²) in [6.45, 7) is 2.79. The second-order valence-electron chi connectivity index (χ2n) is 4.96. The third-order valence-electron chi connectivity index (χ3n) is 3.51. The smallest absolute Gasteiger partial charge is 0.125 e. The minimum atomic E-state index is -0.177. The molecule has 3 nitrogen and oxygen atoms in total. The fourth-order valence-corrected chi connectivity index (χ4v) is 2.61. The minimum Gasteiger partial charge on any atom is -0.396 e. The van der Waals surface area contributed by atoms with Gasteiger partial charge in [-0.3, -0.25) is 0 Å². The van der Waals surface area contributed by atoms with Gasteiger partial charge in [0.1, 0.15) is 5.82 Å². The number of hydrogen-bond acceptors (Lipinski definition) is 3. The molecule has 1 aromatic rings. The van der Waals surface area contributed by atoms with Crippen LogP contribution >= 0.6 is 0 Å². The van der Waals surface area contributed by atoms with Gasteiger partial charge in [0.2, 0.25) is 0 Å². The Kier molecular flexibility index (Phi) is 4.55. The summed E-state index contributed by atoms with van der Waals surface area (Å²) in [5, 5.41) is 12.0. The number of benzene rings is 1. The number of aliphatic hydroxyl groups is 1. The Balaban J connectivity index is 2.08. The summed E-state index contributed by atoms with van der Waals surface area (Å²) in [5.74, 6) is 0.356. The molecule has 1 aromatic carbocycles. The van der Waals surface area contributed by atoms with E-state index in [-0.39, 0.29) is 12.4 Å². The summed E-state index contributed by atoms with van der Waals surface area (Å²) in [6.07, 6.45) is 1.92. The summed E-state index contributed by atoms with van der Waals surface area (Å²) >= 11 is 0. The maximum atomic E-state index is 13.6. The van der Waals surface area contributed by atoms with Gasteiger partial charge in [0.25, 0.3) is 0 Å². The number of aliphatic hydroxyl groups excluding tert-OH is 1. The standard InChI is InChI=1S/C14H21FN2O/c1-16-9-12-6-13(15)8-14(7-12)17-4-2-11(10-17)3-5-18/h6-8,11,16,18H,2-5,9-10H2,1H3. The Hall–Kier alpha value is -1.13. The van der Waals surface area contributed by atoms with E-state index in [0.717, 1.165) is 37.2 Å². The lowest BCUT2D eigenvalue weighted by Crippen LogP contribution is -2.20. The van der Waals surface area contributed by atoms with Crippen molar-refractivity contribution in [3.05, 3.63) is 29.6 Å². The Morgan fingerprint density at radius 1 is 1.44 bits per heavy atom. The van der Waals surface area contributed by atoms with Crippen LogP contribution in [-0.2, 0) is 6.54 Å². The van der Waals surface area contributed by atoms with Crippen molar-refractivity contribution in [2.24, 2.45) is 5.92 Å². The monoisotopic (exact) mass is 252 g/mol. The van der Waals surface area contributed by atoms with Crippen LogP contribution in [0.2, 0.25) is 0 Å². The first-order valence-corrected chi connectivity index (χ1v) is 6.53. The van der Waals surface area contributed by atoms with Crippen LogP contribution in [0.3, 0.4) is 0 Å². The van der Waals surface area contributed by atoms with E-state index in [2.05, 4.69) is 10.2 Å². The first-order valence-electron chi connectivity index (χ1n) is 6.53. The number of rotatable bonds is 5. The SMILES string of the molecule is CNCc1cc(F)cc(N2CCC(CCO)C2)c1. The normalized spacial score (nSPS) is 19.5. The average Bonchev–Trinajstić information content (AvgIpc) is 2.78. The number of nitrogens with one attached hydrogen (secondary N) is 1. The molecule has 0 amide bonds. The van der Waals surface area contributed by atoms with Crippen LogP contribution in [0.4, 0.5) is 10.1 Å². The van der Waals surface area contributed by atoms with Gasteiger partial charge in [-0.25, -0.2) is 4.39 Å². The van der Waals surface area contributed by atoms with Crippen molar-refractivity contribution in [2.75, 3.05) is 31.6 Å². The lowest BCUT2D eigenvalue weighted by atomic mass is 10.1. The molecule has 0 radical (unpaired) electrons. The van der Waals surface area contributed by atoms with Crippen molar-refractivity contribution < 1.29 is 9.50 Å². The largest absolute Gasteiger partial charge is 0.396 e. The maximum Gasteiger partial charge on any atom is 0.125 e. The highest BCUT2D eigenvalue weighted by Crippen LogP contribution is 2.27. The minimum absolute atomic E-state index is 0.177. The molecular formula is C14H21FN2O. The van der Waals surface area contributed by atoms with Crippen LogP contribution in [0.25, 0.3) is 0 Å². The number of halogens is 1. The first-order chi connectivity index (χ1) is 8.72. The van der Waals surface area contributed by atoms with E-state index in [1.807, 2.05) is 13.1 Å². The van der Waals surface area contributed by atoms with E-state index in [9.17, 15) is 4.39 Å². The van der Waals surface area contributed by atoms with Crippen LogP contribution < -0.4 is 10.2 Å². The average molecular weight is 252 g/mol. The van der Waals surface area contributed by atoms with Gasteiger partial charge < -0.3 is 15.3 Å². The van der Waals surface area contributed by atoms with Crippen molar-refractivity contribution in [3.63, 3.8) is 0 Å². The van der Waals surface area contributed by atoms with Gasteiger partial charge in [-0.05, 0) is 49.6 Å². The predicted molar refractivity (Wildman–Crippen MR) is 71.2 cm³/mol. The van der Waals surface area contributed by atoms with Crippen LogP contribution in [0.5, 0.6) is 0 Å². The molecule has 2 N–H and O–H groups in total. The second kappa shape index (κ2) is 6.16. The summed E-state index contributed by atoms with van der Waals surface area (Å²) in [4.78, 5) is 2.21. The quantitative estimate of drug-likeness (QED) is 0.838. The third kappa shape index (κ3) is 3.21. The van der Waals surface area contributed by atoms with Crippen molar-refractivity contribution in [1.82, 2.24) is 5.32 Å². The summed E-state index contributed by atoms with van der Waals surface area (Å²) in [6, 6.07) is 5.21. The molecule has 0 aromatic heterocycles. The fraction of sp³-hybridized carbons (Fsp3) is 0.571. The van der Waals surface area contributed by atoms with Crippen molar-refractivity contribution in [3.8, 4) is 0 Å². The van der Waals surface area contributed by atoms with Crippen LogP contribution in [0.1, 0.15) is 18.4 Å². The number of anilines is 1. The van der Waals surface area contributed by atoms with Crippen LogP contribution in [0.15, 0.2) is 18.2 Å². The van der Waals surface area contributed by atoms with Gasteiger partial charge in [0, 0.05) is 31.9 Å². The van der Waals surface area contributed by atoms with Crippen molar-refractivity contribution in [2.45, 2.75) is 19.4 Å². The van der Waals surface area contributed by atoms with E-state index in [1.165, 1.54) is 0 Å². The zero-order chi connectivity index (χ0) is 13.0. The second-order valence-corrected chi connectivity index (χ2v) is 4.96. The zero-order valence-corrected chi connectivity index (χ0v) is 10.8. The van der Waals surface area contributed by atoms with Crippen molar-refractivity contribution in [1.29, 1.82) is 0 Å². The first kappa shape index (κ1) is 13.3. The summed E-state index contributed by atoms with van der Waals surface area (Å²) in [7, 11) is 1.86. The van der Waals surface area contributed by atoms with E-state index < -0.39 is 0 Å². The maximum absolute atomic E-state index is 13.6. The zero-order valence-electron chi connectivity index (χ0n) is 10.8. The molecule has 1 heterocycles. The summed E-state index contributed by atoms with van der Waals surface area (Å²) in [5.41, 5.74) is 1.93. The molecule has 1 aliphatic heterocycles. The molecule has 0 spiro atoms. The molecule has 1 aliphatic rings. The third-order valence-corrected chi connectivity index (χ3v) is 3.51. The molecule has 4 heteroatoms. The predicted octanol–water partition coefficient (Wildman–Crippen LogP) is 1.75. The Labute approximate surface area is 108 Å². The Morgan fingerprint density at radius 2 is 2.28 bits per heavy atom. The van der Waals surface area contributed by atoms with Gasteiger partial charge in [-0.15, -0.1) is 0 Å². The van der Waals surface area contributed by atoms with Gasteiger partial charge in [-0.1, -0.05) is 0 Å². The number of hydrogen-bond donors (Lipinski definition) is 2. The van der Waals surface area contributed by atoms with E-state index in [4.69, 9.17) is 5.11 Å². The molecule has 2 rings (SSSR count). The van der Waals surface area contributed by atoms with Crippen molar-refractivity contribution >= 4 is 5.69 Å². The molecule has 100 valence electrons. The molecule has 1 fully saturated rings. The number of nitrogens with zero attached hydrogens (tertiary/aromatic N) is 1. The van der Waals surface area contributed by atoms with Crippen LogP contribution in [0, 0.1) is 11.7 Å². The van der Waals surface area contributed by atoms with Gasteiger partial charge in [-0.2, -0.15) is 0 Å². The van der Waals surface area contributed by atoms with E-state index in [1.54, 1.807) is 12.1 Å². The van der Waals surface area contributed by atoms with Crippen LogP contribution in [-0.4, -0.2) is 31.9 Å². The molecule has 0 aliphatic carbocycles. The molecule has 1 saturated heterocycles. The molecule has 1 unspecified atom stereocenters. The van der Waals surface area contributed by atoms with E-state index in [0.29, 0.717) is 12.5 Å². The highest BCUT2D eigenvalue weighted by atomic mass is 19.1. The molecule has 1 atom stereocenters. The van der Waals surface area contributed by atoms with E-state index >= 15 is 0 Å². The van der Waals surface area contributed by atoms with Gasteiger partial charge >= 0.3 is 0 Å². The lowest BCUT2D eigenvalue weighted by Gasteiger charge is -2.19. The Bertz CT molecular complexity index is 397. The van der Waals surface area contributed by atoms with Gasteiger partial charge in [0.15, 0.2) is 0 Å². The lowest BCUT2D eigenvalue weighted by molar-refractivity contribution is 0.263. The topological polar surface area (TPSA) is 35.5 Å².